The average Bonchev–Trinajstić information content (AvgIpc) is 3.51. The van der Waals surface area contributed by atoms with E-state index in [0.29, 0.717) is 39.8 Å². The van der Waals surface area contributed by atoms with Gasteiger partial charge in [0.05, 0.1) is 22.8 Å². The van der Waals surface area contributed by atoms with E-state index >= 15 is 0 Å². The Balaban J connectivity index is 1.64. The van der Waals surface area contributed by atoms with Crippen LogP contribution >= 0.6 is 0 Å². The molecule has 0 spiro atoms. The number of hydrogen-bond acceptors (Lipinski definition) is 9. The summed E-state index contributed by atoms with van der Waals surface area (Å²) < 4.78 is 23.1. The van der Waals surface area contributed by atoms with E-state index in [1.165, 1.54) is 17.1 Å². The molecule has 4 aromatic heterocycles. The number of aliphatic hydroxyl groups is 1. The van der Waals surface area contributed by atoms with E-state index in [2.05, 4.69) is 25.6 Å². The van der Waals surface area contributed by atoms with Crippen LogP contribution in [-0.4, -0.2) is 39.6 Å². The Kier molecular flexibility index (Phi) is 5.03. The minimum Gasteiger partial charge on any atom is -0.408 e. The van der Waals surface area contributed by atoms with E-state index in [1.54, 1.807) is 49.6 Å². The largest absolute Gasteiger partial charge is 0.408 e. The number of aliphatic hydroxyl groups excluding tert-OH is 1. The summed E-state index contributed by atoms with van der Waals surface area (Å²) in [5.74, 6) is 0.636. The van der Waals surface area contributed by atoms with Crippen molar-refractivity contribution < 1.29 is 13.9 Å². The van der Waals surface area contributed by atoms with Gasteiger partial charge in [0.2, 0.25) is 5.89 Å². The zero-order valence-corrected chi connectivity index (χ0v) is 18.4. The summed E-state index contributed by atoms with van der Waals surface area (Å²) in [6.07, 6.45) is 0.697. The number of aromatic nitrogens is 7. The van der Waals surface area contributed by atoms with Crippen molar-refractivity contribution in [2.45, 2.75) is 26.9 Å². The van der Waals surface area contributed by atoms with Crippen molar-refractivity contribution >= 4 is 22.7 Å². The number of nitrogens with one attached hydrogen (secondary N) is 1. The fraction of sp³-hybridized carbons (Fsp3) is 0.182. The second-order valence-corrected chi connectivity index (χ2v) is 7.64. The Hall–Kier alpha value is -4.63. The third kappa shape index (κ3) is 3.63. The molecule has 0 aliphatic heterocycles. The summed E-state index contributed by atoms with van der Waals surface area (Å²) in [6, 6.07) is 10.0. The highest BCUT2D eigenvalue weighted by molar-refractivity contribution is 5.82. The molecule has 0 bridgehead atoms. The standard InChI is InChI=1S/C22H18FN9O2/c1-11-6-14(9-24)30-32(11)21-15(12(2)33)4-5-20(27-21)31-10-25-18-7-16(23)17(8-19(18)31)26-22-29-28-13(3)34-22/h4-8,10,12,33H,1-3H3,(H,26,29). The van der Waals surface area contributed by atoms with Crippen LogP contribution in [0.1, 0.15) is 35.9 Å². The van der Waals surface area contributed by atoms with Gasteiger partial charge in [-0.3, -0.25) is 4.57 Å². The molecule has 11 nitrogen and oxygen atoms in total. The van der Waals surface area contributed by atoms with Crippen LogP contribution < -0.4 is 5.32 Å². The molecule has 170 valence electrons. The normalized spacial score (nSPS) is 12.1. The van der Waals surface area contributed by atoms with Gasteiger partial charge in [-0.05, 0) is 38.1 Å². The van der Waals surface area contributed by atoms with Crippen LogP contribution in [0.25, 0.3) is 22.7 Å². The summed E-state index contributed by atoms with van der Waals surface area (Å²) >= 11 is 0. The van der Waals surface area contributed by atoms with Gasteiger partial charge < -0.3 is 14.8 Å². The van der Waals surface area contributed by atoms with Crippen molar-refractivity contribution in [3.63, 3.8) is 0 Å². The molecule has 0 saturated carbocycles. The number of rotatable bonds is 5. The third-order valence-electron chi connectivity index (χ3n) is 5.19. The van der Waals surface area contributed by atoms with E-state index in [1.807, 2.05) is 6.07 Å². The Bertz CT molecular complexity index is 1580. The van der Waals surface area contributed by atoms with Crippen molar-refractivity contribution in [2.75, 3.05) is 5.32 Å². The zero-order valence-electron chi connectivity index (χ0n) is 18.4. The number of hydrogen-bond donors (Lipinski definition) is 2. The van der Waals surface area contributed by atoms with Crippen molar-refractivity contribution in [2.24, 2.45) is 0 Å². The van der Waals surface area contributed by atoms with Crippen LogP contribution in [-0.2, 0) is 0 Å². The maximum atomic E-state index is 14.6. The first-order chi connectivity index (χ1) is 16.3. The lowest BCUT2D eigenvalue weighted by Gasteiger charge is -2.15. The number of benzene rings is 1. The average molecular weight is 459 g/mol. The van der Waals surface area contributed by atoms with Crippen LogP contribution in [0.15, 0.2) is 41.1 Å². The lowest BCUT2D eigenvalue weighted by molar-refractivity contribution is 0.198. The van der Waals surface area contributed by atoms with E-state index in [0.717, 1.165) is 0 Å². The molecule has 0 amide bonds. The lowest BCUT2D eigenvalue weighted by atomic mass is 10.1. The van der Waals surface area contributed by atoms with Crippen molar-refractivity contribution in [3.8, 4) is 17.7 Å². The molecule has 0 radical (unpaired) electrons. The Morgan fingerprint density at radius 2 is 2.03 bits per heavy atom. The van der Waals surface area contributed by atoms with Gasteiger partial charge in [-0.1, -0.05) is 5.10 Å². The molecule has 1 aromatic carbocycles. The SMILES string of the molecule is Cc1nnc(Nc2cc3c(cc2F)ncn3-c2ccc(C(C)O)c(-n3nc(C#N)cc3C)n2)o1. The van der Waals surface area contributed by atoms with Gasteiger partial charge in [-0.15, -0.1) is 5.10 Å². The summed E-state index contributed by atoms with van der Waals surface area (Å²) in [5.41, 5.74) is 2.55. The predicted molar refractivity (Wildman–Crippen MR) is 118 cm³/mol. The minimum atomic E-state index is -0.826. The van der Waals surface area contributed by atoms with E-state index in [9.17, 15) is 14.8 Å². The fourth-order valence-electron chi connectivity index (χ4n) is 3.59. The van der Waals surface area contributed by atoms with Crippen LogP contribution in [0.4, 0.5) is 16.1 Å². The van der Waals surface area contributed by atoms with E-state index < -0.39 is 11.9 Å². The topological polar surface area (TPSA) is 144 Å². The summed E-state index contributed by atoms with van der Waals surface area (Å²) in [4.78, 5) is 9.00. The predicted octanol–water partition coefficient (Wildman–Crippen LogP) is 3.41. The lowest BCUT2D eigenvalue weighted by Crippen LogP contribution is -2.11. The molecule has 5 rings (SSSR count). The van der Waals surface area contributed by atoms with Gasteiger partial charge in [-0.2, -0.15) is 10.4 Å². The zero-order chi connectivity index (χ0) is 24.0. The molecular formula is C22H18FN9O2. The van der Waals surface area contributed by atoms with Crippen molar-refractivity contribution in [1.29, 1.82) is 5.26 Å². The number of fused-ring (bicyclic) bond motifs is 1. The summed E-state index contributed by atoms with van der Waals surface area (Å²) in [6.45, 7) is 5.05. The number of anilines is 2. The van der Waals surface area contributed by atoms with E-state index in [-0.39, 0.29) is 17.4 Å². The quantitative estimate of drug-likeness (QED) is 0.404. The first-order valence-corrected chi connectivity index (χ1v) is 10.2. The van der Waals surface area contributed by atoms with Gasteiger partial charge >= 0.3 is 6.01 Å². The number of imidazole rings is 1. The number of nitriles is 1. The summed E-state index contributed by atoms with van der Waals surface area (Å²) in [7, 11) is 0. The van der Waals surface area contributed by atoms with Crippen LogP contribution in [0, 0.1) is 31.0 Å². The monoisotopic (exact) mass is 459 g/mol. The maximum Gasteiger partial charge on any atom is 0.320 e. The highest BCUT2D eigenvalue weighted by Crippen LogP contribution is 2.28. The van der Waals surface area contributed by atoms with Crippen LogP contribution in [0.5, 0.6) is 0 Å². The van der Waals surface area contributed by atoms with Gasteiger partial charge in [0.15, 0.2) is 11.5 Å². The third-order valence-corrected chi connectivity index (χ3v) is 5.19. The number of nitrogens with zero attached hydrogens (tertiary/aromatic N) is 8. The molecule has 0 aliphatic carbocycles. The smallest absolute Gasteiger partial charge is 0.320 e. The van der Waals surface area contributed by atoms with Gasteiger partial charge in [0, 0.05) is 24.2 Å². The highest BCUT2D eigenvalue weighted by atomic mass is 19.1. The minimum absolute atomic E-state index is 0.0611. The molecule has 4 heterocycles. The molecule has 0 aliphatic rings. The second-order valence-electron chi connectivity index (χ2n) is 7.64. The van der Waals surface area contributed by atoms with Gasteiger partial charge in [0.25, 0.3) is 0 Å². The molecular weight excluding hydrogens is 441 g/mol. The number of pyridine rings is 1. The molecule has 5 aromatic rings. The molecule has 12 heteroatoms. The molecule has 0 saturated heterocycles. The Morgan fingerprint density at radius 3 is 2.71 bits per heavy atom. The van der Waals surface area contributed by atoms with Crippen molar-refractivity contribution in [1.82, 2.24) is 34.5 Å². The first-order valence-electron chi connectivity index (χ1n) is 10.2. The molecule has 0 fully saturated rings. The fourth-order valence-corrected chi connectivity index (χ4v) is 3.59. The van der Waals surface area contributed by atoms with Crippen LogP contribution in [0.3, 0.4) is 0 Å². The van der Waals surface area contributed by atoms with Crippen LogP contribution in [0.2, 0.25) is 0 Å². The maximum absolute atomic E-state index is 14.6. The first kappa shape index (κ1) is 21.2. The number of halogens is 1. The Morgan fingerprint density at radius 1 is 1.21 bits per heavy atom. The molecule has 34 heavy (non-hydrogen) atoms. The molecule has 1 unspecified atom stereocenters. The Labute approximate surface area is 192 Å². The second kappa shape index (κ2) is 8.05. The van der Waals surface area contributed by atoms with E-state index in [4.69, 9.17) is 9.40 Å². The number of aryl methyl sites for hydroxylation is 2. The van der Waals surface area contributed by atoms with Crippen molar-refractivity contribution in [3.05, 3.63) is 65.3 Å². The molecule has 2 N–H and O–H groups in total. The summed E-state index contributed by atoms with van der Waals surface area (Å²) in [5, 5.41) is 34.1. The molecule has 1 atom stereocenters. The van der Waals surface area contributed by atoms with Gasteiger partial charge in [-0.25, -0.2) is 19.0 Å². The highest BCUT2D eigenvalue weighted by Gasteiger charge is 2.18. The van der Waals surface area contributed by atoms with Gasteiger partial charge in [0.1, 0.15) is 24.0 Å².